The fourth-order valence-corrected chi connectivity index (χ4v) is 1.21. The van der Waals surface area contributed by atoms with Gasteiger partial charge in [-0.2, -0.15) is 0 Å². The Hall–Kier alpha value is -1.36. The molecule has 70 valence electrons. The Morgan fingerprint density at radius 2 is 2.15 bits per heavy atom. The zero-order valence-corrected chi connectivity index (χ0v) is 6.96. The van der Waals surface area contributed by atoms with Crippen LogP contribution in [0.1, 0.15) is 11.6 Å². The van der Waals surface area contributed by atoms with Crippen molar-refractivity contribution in [3.8, 4) is 0 Å². The molecule has 1 aromatic heterocycles. The first-order valence-electron chi connectivity index (χ1n) is 3.97. The van der Waals surface area contributed by atoms with E-state index in [1.165, 1.54) is 6.20 Å². The minimum atomic E-state index is -0.506. The molecular formula is C8H10FN3O. The predicted molar refractivity (Wildman–Crippen MR) is 46.6 cm³/mol. The number of halogens is 1. The van der Waals surface area contributed by atoms with Crippen LogP contribution >= 0.6 is 0 Å². The van der Waals surface area contributed by atoms with Crippen LogP contribution in [0.15, 0.2) is 6.20 Å². The SMILES string of the molecule is Nc1cnc(C2COC2)c(F)c1N. The van der Waals surface area contributed by atoms with Crippen molar-refractivity contribution in [3.63, 3.8) is 0 Å². The number of aromatic nitrogens is 1. The standard InChI is InChI=1S/C8H10FN3O/c9-6-7(11)5(10)1-12-8(6)4-2-13-3-4/h1,4H,2-3,10H2,(H2,11,12). The van der Waals surface area contributed by atoms with E-state index in [0.717, 1.165) is 0 Å². The number of hydrogen-bond donors (Lipinski definition) is 2. The highest BCUT2D eigenvalue weighted by atomic mass is 19.1. The molecule has 0 unspecified atom stereocenters. The molecule has 0 saturated carbocycles. The minimum absolute atomic E-state index is 0.0168. The first-order chi connectivity index (χ1) is 6.20. The maximum atomic E-state index is 13.4. The van der Waals surface area contributed by atoms with E-state index in [9.17, 15) is 4.39 Å². The number of anilines is 2. The monoisotopic (exact) mass is 183 g/mol. The molecule has 0 atom stereocenters. The van der Waals surface area contributed by atoms with Gasteiger partial charge in [-0.05, 0) is 0 Å². The Balaban J connectivity index is 2.41. The fraction of sp³-hybridized carbons (Fsp3) is 0.375. The van der Waals surface area contributed by atoms with E-state index < -0.39 is 5.82 Å². The van der Waals surface area contributed by atoms with Gasteiger partial charge in [-0.25, -0.2) is 4.39 Å². The molecule has 0 aliphatic carbocycles. The van der Waals surface area contributed by atoms with Crippen molar-refractivity contribution in [2.75, 3.05) is 24.7 Å². The highest BCUT2D eigenvalue weighted by Gasteiger charge is 2.26. The van der Waals surface area contributed by atoms with Gasteiger partial charge in [0.2, 0.25) is 0 Å². The summed E-state index contributed by atoms with van der Waals surface area (Å²) in [4.78, 5) is 3.90. The lowest BCUT2D eigenvalue weighted by molar-refractivity contribution is 0.00526. The van der Waals surface area contributed by atoms with Crippen molar-refractivity contribution in [2.24, 2.45) is 0 Å². The normalized spacial score (nSPS) is 17.0. The molecule has 0 radical (unpaired) electrons. The van der Waals surface area contributed by atoms with Crippen LogP contribution in [0.3, 0.4) is 0 Å². The average molecular weight is 183 g/mol. The minimum Gasteiger partial charge on any atom is -0.396 e. The van der Waals surface area contributed by atoms with Gasteiger partial charge in [-0.3, -0.25) is 4.98 Å². The Morgan fingerprint density at radius 1 is 1.46 bits per heavy atom. The second-order valence-electron chi connectivity index (χ2n) is 3.06. The van der Waals surface area contributed by atoms with E-state index in [1.807, 2.05) is 0 Å². The molecule has 5 heteroatoms. The quantitative estimate of drug-likeness (QED) is 0.664. The molecule has 1 saturated heterocycles. The third-order valence-corrected chi connectivity index (χ3v) is 2.14. The van der Waals surface area contributed by atoms with Gasteiger partial charge in [0.1, 0.15) is 0 Å². The summed E-state index contributed by atoms with van der Waals surface area (Å²) in [5, 5.41) is 0. The first-order valence-corrected chi connectivity index (χ1v) is 3.97. The Labute approximate surface area is 74.7 Å². The van der Waals surface area contributed by atoms with Crippen LogP contribution in [0.25, 0.3) is 0 Å². The number of hydrogen-bond acceptors (Lipinski definition) is 4. The molecule has 1 fully saturated rings. The number of nitrogen functional groups attached to an aromatic ring is 2. The van der Waals surface area contributed by atoms with Gasteiger partial charge in [0.05, 0.1) is 42.4 Å². The van der Waals surface area contributed by atoms with Crippen LogP contribution in [-0.2, 0) is 4.74 Å². The van der Waals surface area contributed by atoms with Crippen molar-refractivity contribution < 1.29 is 9.13 Å². The molecular weight excluding hydrogens is 173 g/mol. The van der Waals surface area contributed by atoms with E-state index in [4.69, 9.17) is 16.2 Å². The second kappa shape index (κ2) is 2.85. The molecule has 4 N–H and O–H groups in total. The van der Waals surface area contributed by atoms with Crippen molar-refractivity contribution in [2.45, 2.75) is 5.92 Å². The lowest BCUT2D eigenvalue weighted by Crippen LogP contribution is -2.27. The van der Waals surface area contributed by atoms with Crippen molar-refractivity contribution >= 4 is 11.4 Å². The third-order valence-electron chi connectivity index (χ3n) is 2.14. The van der Waals surface area contributed by atoms with Gasteiger partial charge in [0.25, 0.3) is 0 Å². The van der Waals surface area contributed by atoms with Gasteiger partial charge in [0.15, 0.2) is 5.82 Å². The van der Waals surface area contributed by atoms with Crippen LogP contribution in [0, 0.1) is 5.82 Å². The number of nitrogens with zero attached hydrogens (tertiary/aromatic N) is 1. The fourth-order valence-electron chi connectivity index (χ4n) is 1.21. The number of pyridine rings is 1. The van der Waals surface area contributed by atoms with Crippen molar-refractivity contribution in [1.29, 1.82) is 0 Å². The Kier molecular flexibility index (Phi) is 1.81. The van der Waals surface area contributed by atoms with Crippen LogP contribution in [0.2, 0.25) is 0 Å². The molecule has 0 amide bonds. The Morgan fingerprint density at radius 3 is 2.69 bits per heavy atom. The van der Waals surface area contributed by atoms with E-state index in [0.29, 0.717) is 18.9 Å². The molecule has 4 nitrogen and oxygen atoms in total. The highest BCUT2D eigenvalue weighted by molar-refractivity contribution is 5.63. The van der Waals surface area contributed by atoms with E-state index in [-0.39, 0.29) is 17.3 Å². The molecule has 1 aromatic rings. The van der Waals surface area contributed by atoms with Crippen LogP contribution in [-0.4, -0.2) is 18.2 Å². The molecule has 1 aliphatic heterocycles. The Bertz CT molecular complexity index is 338. The molecule has 0 bridgehead atoms. The summed E-state index contributed by atoms with van der Waals surface area (Å²) in [6.07, 6.45) is 1.38. The zero-order valence-electron chi connectivity index (χ0n) is 6.96. The summed E-state index contributed by atoms with van der Waals surface area (Å²) in [5.41, 5.74) is 11.3. The summed E-state index contributed by atoms with van der Waals surface area (Å²) in [7, 11) is 0. The summed E-state index contributed by atoms with van der Waals surface area (Å²) < 4.78 is 18.3. The maximum Gasteiger partial charge on any atom is 0.170 e. The van der Waals surface area contributed by atoms with Gasteiger partial charge in [-0.15, -0.1) is 0 Å². The van der Waals surface area contributed by atoms with Gasteiger partial charge in [0, 0.05) is 0 Å². The van der Waals surface area contributed by atoms with E-state index in [1.54, 1.807) is 0 Å². The summed E-state index contributed by atoms with van der Waals surface area (Å²) in [6.45, 7) is 1.01. The highest BCUT2D eigenvalue weighted by Crippen LogP contribution is 2.29. The lowest BCUT2D eigenvalue weighted by atomic mass is 10.0. The maximum absolute atomic E-state index is 13.4. The number of ether oxygens (including phenoxy) is 1. The molecule has 2 rings (SSSR count). The van der Waals surface area contributed by atoms with Crippen LogP contribution < -0.4 is 11.5 Å². The van der Waals surface area contributed by atoms with E-state index in [2.05, 4.69) is 4.98 Å². The second-order valence-corrected chi connectivity index (χ2v) is 3.06. The largest absolute Gasteiger partial charge is 0.396 e. The van der Waals surface area contributed by atoms with Crippen molar-refractivity contribution in [1.82, 2.24) is 4.98 Å². The van der Waals surface area contributed by atoms with Gasteiger partial charge < -0.3 is 16.2 Å². The van der Waals surface area contributed by atoms with Crippen LogP contribution in [0.5, 0.6) is 0 Å². The number of nitrogens with two attached hydrogens (primary N) is 2. The summed E-state index contributed by atoms with van der Waals surface area (Å²) in [5.74, 6) is -0.476. The first kappa shape index (κ1) is 8.25. The van der Waals surface area contributed by atoms with Gasteiger partial charge >= 0.3 is 0 Å². The van der Waals surface area contributed by atoms with E-state index >= 15 is 0 Å². The molecule has 1 aliphatic rings. The number of rotatable bonds is 1. The smallest absolute Gasteiger partial charge is 0.170 e. The molecule has 0 aromatic carbocycles. The lowest BCUT2D eigenvalue weighted by Gasteiger charge is -2.25. The zero-order chi connectivity index (χ0) is 9.42. The van der Waals surface area contributed by atoms with Gasteiger partial charge in [-0.1, -0.05) is 0 Å². The summed E-state index contributed by atoms with van der Waals surface area (Å²) >= 11 is 0. The molecule has 0 spiro atoms. The predicted octanol–water partition coefficient (Wildman–Crippen LogP) is 0.499. The molecule has 13 heavy (non-hydrogen) atoms. The topological polar surface area (TPSA) is 74.2 Å². The van der Waals surface area contributed by atoms with Crippen LogP contribution in [0.4, 0.5) is 15.8 Å². The summed E-state index contributed by atoms with van der Waals surface area (Å²) in [6, 6.07) is 0. The third kappa shape index (κ3) is 1.21. The average Bonchev–Trinajstić information content (AvgIpc) is 2.03. The van der Waals surface area contributed by atoms with Crippen molar-refractivity contribution in [3.05, 3.63) is 17.7 Å². The molecule has 2 heterocycles.